The summed E-state index contributed by atoms with van der Waals surface area (Å²) in [5.74, 6) is 0.662. The predicted octanol–water partition coefficient (Wildman–Crippen LogP) is 2.41. The Morgan fingerprint density at radius 2 is 2.12 bits per heavy atom. The molecule has 0 spiro atoms. The van der Waals surface area contributed by atoms with Gasteiger partial charge in [0.25, 0.3) is 0 Å². The number of amides is 1. The monoisotopic (exact) mass is 327 g/mol. The molecule has 0 bridgehead atoms. The predicted molar refractivity (Wildman–Crippen MR) is 92.7 cm³/mol. The van der Waals surface area contributed by atoms with Crippen molar-refractivity contribution in [3.05, 3.63) is 29.8 Å². The lowest BCUT2D eigenvalue weighted by molar-refractivity contribution is -0.122. The Labute approximate surface area is 143 Å². The minimum atomic E-state index is -0.0551. The van der Waals surface area contributed by atoms with Gasteiger partial charge in [0.2, 0.25) is 5.91 Å². The highest BCUT2D eigenvalue weighted by molar-refractivity contribution is 5.96. The van der Waals surface area contributed by atoms with Gasteiger partial charge >= 0.3 is 0 Å². The minimum Gasteiger partial charge on any atom is -0.376 e. The summed E-state index contributed by atoms with van der Waals surface area (Å²) in [5.41, 5.74) is 1.24. The quantitative estimate of drug-likeness (QED) is 0.855. The van der Waals surface area contributed by atoms with Crippen molar-refractivity contribution in [1.29, 1.82) is 5.26 Å². The Balaban J connectivity index is 1.61. The van der Waals surface area contributed by atoms with Crippen molar-refractivity contribution in [2.45, 2.75) is 32.3 Å². The molecule has 0 aromatic heterocycles. The number of hydrogen-bond donors (Lipinski definition) is 0. The molecule has 24 heavy (non-hydrogen) atoms. The summed E-state index contributed by atoms with van der Waals surface area (Å²) in [4.78, 5) is 16.6. The zero-order chi connectivity index (χ0) is 17.2. The van der Waals surface area contributed by atoms with E-state index in [0.29, 0.717) is 24.6 Å². The molecule has 1 atom stereocenters. The van der Waals surface area contributed by atoms with Crippen molar-refractivity contribution >= 4 is 11.6 Å². The summed E-state index contributed by atoms with van der Waals surface area (Å²) in [5, 5.41) is 9.24. The van der Waals surface area contributed by atoms with Crippen molar-refractivity contribution in [2.24, 2.45) is 5.92 Å². The zero-order valence-electron chi connectivity index (χ0n) is 14.5. The fraction of sp³-hybridized carbons (Fsp3) is 0.579. The molecule has 2 aliphatic rings. The van der Waals surface area contributed by atoms with Crippen LogP contribution in [0.15, 0.2) is 24.3 Å². The first-order valence-electron chi connectivity index (χ1n) is 8.64. The van der Waals surface area contributed by atoms with Gasteiger partial charge in [-0.15, -0.1) is 0 Å². The summed E-state index contributed by atoms with van der Waals surface area (Å²) in [6.45, 7) is 7.96. The number of anilines is 1. The average molecular weight is 327 g/mol. The van der Waals surface area contributed by atoms with Crippen molar-refractivity contribution in [1.82, 2.24) is 4.90 Å². The summed E-state index contributed by atoms with van der Waals surface area (Å²) in [6, 6.07) is 9.50. The molecule has 3 rings (SSSR count). The van der Waals surface area contributed by atoms with Gasteiger partial charge in [-0.05, 0) is 44.7 Å². The number of rotatable bonds is 3. The van der Waals surface area contributed by atoms with Crippen LogP contribution < -0.4 is 4.90 Å². The van der Waals surface area contributed by atoms with Crippen molar-refractivity contribution in [3.8, 4) is 6.07 Å². The number of nitrogens with zero attached hydrogens (tertiary/aromatic N) is 3. The molecule has 5 nitrogen and oxygen atoms in total. The van der Waals surface area contributed by atoms with Gasteiger partial charge in [-0.3, -0.25) is 9.69 Å². The Hall–Kier alpha value is -1.90. The van der Waals surface area contributed by atoms with E-state index in [-0.39, 0.29) is 11.5 Å². The van der Waals surface area contributed by atoms with E-state index in [1.54, 1.807) is 11.0 Å². The number of hydrogen-bond acceptors (Lipinski definition) is 4. The molecule has 1 amide bonds. The third-order valence-electron chi connectivity index (χ3n) is 4.93. The van der Waals surface area contributed by atoms with Gasteiger partial charge in [0.15, 0.2) is 0 Å². The number of piperazine rings is 1. The molecule has 2 saturated heterocycles. The van der Waals surface area contributed by atoms with Crippen molar-refractivity contribution < 1.29 is 9.53 Å². The third kappa shape index (κ3) is 3.77. The van der Waals surface area contributed by atoms with Gasteiger partial charge in [0.05, 0.1) is 23.4 Å². The number of carbonyl (C=O) groups excluding carboxylic acids is 1. The molecule has 1 aromatic carbocycles. The molecule has 0 aliphatic carbocycles. The highest BCUT2D eigenvalue weighted by atomic mass is 16.5. The molecule has 1 aromatic rings. The van der Waals surface area contributed by atoms with Crippen LogP contribution in [0.1, 0.15) is 32.3 Å². The standard InChI is InChI=1S/C19H25N3O2/c1-19(2)11-15(7-10-24-19)13-21-8-9-22(18(23)14-21)17-6-4-3-5-16(17)12-20/h3-6,15H,7-11,13-14H2,1-2H3/t15-/m1/s1. The van der Waals surface area contributed by atoms with Crippen molar-refractivity contribution in [3.63, 3.8) is 0 Å². The first kappa shape index (κ1) is 16.9. The fourth-order valence-electron chi connectivity index (χ4n) is 3.82. The van der Waals surface area contributed by atoms with Crippen LogP contribution in [0.5, 0.6) is 0 Å². The maximum Gasteiger partial charge on any atom is 0.241 e. The van der Waals surface area contributed by atoms with E-state index < -0.39 is 0 Å². The lowest BCUT2D eigenvalue weighted by Gasteiger charge is -2.40. The van der Waals surface area contributed by atoms with Crippen LogP contribution in [0.3, 0.4) is 0 Å². The molecule has 2 fully saturated rings. The van der Waals surface area contributed by atoms with E-state index in [9.17, 15) is 10.1 Å². The number of benzene rings is 1. The Kier molecular flexibility index (Phi) is 4.88. The van der Waals surface area contributed by atoms with Crippen LogP contribution in [-0.2, 0) is 9.53 Å². The molecular weight excluding hydrogens is 302 g/mol. The molecular formula is C19H25N3O2. The molecule has 128 valence electrons. The van der Waals surface area contributed by atoms with E-state index >= 15 is 0 Å². The smallest absolute Gasteiger partial charge is 0.241 e. The van der Waals surface area contributed by atoms with Gasteiger partial charge in [-0.2, -0.15) is 5.26 Å². The first-order chi connectivity index (χ1) is 11.5. The molecule has 0 N–H and O–H groups in total. The minimum absolute atomic E-state index is 0.0551. The number of carbonyl (C=O) groups is 1. The largest absolute Gasteiger partial charge is 0.376 e. The van der Waals surface area contributed by atoms with Gasteiger partial charge < -0.3 is 9.64 Å². The van der Waals surface area contributed by atoms with Crippen LogP contribution >= 0.6 is 0 Å². The number of para-hydroxylation sites is 1. The Morgan fingerprint density at radius 1 is 1.33 bits per heavy atom. The summed E-state index contributed by atoms with van der Waals surface area (Å²) >= 11 is 0. The highest BCUT2D eigenvalue weighted by Crippen LogP contribution is 2.30. The van der Waals surface area contributed by atoms with Gasteiger partial charge in [-0.1, -0.05) is 12.1 Å². The van der Waals surface area contributed by atoms with E-state index in [2.05, 4.69) is 24.8 Å². The number of nitriles is 1. The van der Waals surface area contributed by atoms with Crippen LogP contribution in [0, 0.1) is 17.2 Å². The summed E-state index contributed by atoms with van der Waals surface area (Å²) < 4.78 is 5.78. The van der Waals surface area contributed by atoms with Gasteiger partial charge in [0.1, 0.15) is 6.07 Å². The molecule has 0 saturated carbocycles. The summed E-state index contributed by atoms with van der Waals surface area (Å²) in [7, 11) is 0. The molecule has 2 heterocycles. The van der Waals surface area contributed by atoms with Gasteiger partial charge in [-0.25, -0.2) is 0 Å². The SMILES string of the molecule is CC1(C)C[C@H](CN2CCN(c3ccccc3C#N)C(=O)C2)CCO1. The van der Waals surface area contributed by atoms with E-state index in [4.69, 9.17) is 4.74 Å². The zero-order valence-corrected chi connectivity index (χ0v) is 14.5. The van der Waals surface area contributed by atoms with Gasteiger partial charge in [0, 0.05) is 26.2 Å². The van der Waals surface area contributed by atoms with E-state index in [1.807, 2.05) is 18.2 Å². The van der Waals surface area contributed by atoms with E-state index in [0.717, 1.165) is 38.2 Å². The average Bonchev–Trinajstić information content (AvgIpc) is 2.54. The second kappa shape index (κ2) is 6.92. The first-order valence-corrected chi connectivity index (χ1v) is 8.64. The Bertz CT molecular complexity index is 650. The normalized spacial score (nSPS) is 24.6. The third-order valence-corrected chi connectivity index (χ3v) is 4.93. The van der Waals surface area contributed by atoms with Crippen molar-refractivity contribution in [2.75, 3.05) is 37.7 Å². The fourth-order valence-corrected chi connectivity index (χ4v) is 3.82. The summed E-state index contributed by atoms with van der Waals surface area (Å²) in [6.07, 6.45) is 2.10. The lowest BCUT2D eigenvalue weighted by Crippen LogP contribution is -2.52. The number of ether oxygens (including phenoxy) is 1. The Morgan fingerprint density at radius 3 is 2.83 bits per heavy atom. The molecule has 5 heteroatoms. The maximum atomic E-state index is 12.6. The van der Waals surface area contributed by atoms with E-state index in [1.165, 1.54) is 0 Å². The van der Waals surface area contributed by atoms with Crippen LogP contribution in [0.2, 0.25) is 0 Å². The van der Waals surface area contributed by atoms with Crippen LogP contribution in [-0.4, -0.2) is 49.2 Å². The molecule has 0 radical (unpaired) electrons. The topological polar surface area (TPSA) is 56.6 Å². The van der Waals surface area contributed by atoms with Crippen LogP contribution in [0.4, 0.5) is 5.69 Å². The highest BCUT2D eigenvalue weighted by Gasteiger charge is 2.32. The second-order valence-corrected chi connectivity index (χ2v) is 7.38. The molecule has 0 unspecified atom stereocenters. The lowest BCUT2D eigenvalue weighted by atomic mass is 9.88. The maximum absolute atomic E-state index is 12.6. The molecule has 2 aliphatic heterocycles. The second-order valence-electron chi connectivity index (χ2n) is 7.38. The van der Waals surface area contributed by atoms with Crippen LogP contribution in [0.25, 0.3) is 0 Å².